The van der Waals surface area contributed by atoms with Crippen LogP contribution in [0.4, 0.5) is 0 Å². The summed E-state index contributed by atoms with van der Waals surface area (Å²) in [4.78, 5) is 0. The lowest BCUT2D eigenvalue weighted by Gasteiger charge is -2.24. The highest BCUT2D eigenvalue weighted by molar-refractivity contribution is 6.60. The first-order valence-corrected chi connectivity index (χ1v) is 13.9. The van der Waals surface area contributed by atoms with Gasteiger partial charge in [-0.05, 0) is 19.8 Å². The zero-order valence-electron chi connectivity index (χ0n) is 19.6. The van der Waals surface area contributed by atoms with Crippen LogP contribution >= 0.6 is 0 Å². The third-order valence-electron chi connectivity index (χ3n) is 5.66. The Hall–Kier alpha value is 0.0569. The van der Waals surface area contributed by atoms with Crippen LogP contribution < -0.4 is 0 Å². The Kier molecular flexibility index (Phi) is 21.8. The standard InChI is InChI=1S/C23H50O4Si/c1-5-27-22-20-18-16-14-12-10-8-6-7-9-11-13-15-17-19-21-23-28(24-2,25-3)26-4/h5-23H2,1-4H3. The number of rotatable bonds is 23. The molecule has 0 spiro atoms. The van der Waals surface area contributed by atoms with E-state index in [0.29, 0.717) is 0 Å². The van der Waals surface area contributed by atoms with Gasteiger partial charge in [-0.25, -0.2) is 0 Å². The van der Waals surface area contributed by atoms with Gasteiger partial charge in [-0.1, -0.05) is 89.9 Å². The van der Waals surface area contributed by atoms with Crippen LogP contribution in [-0.4, -0.2) is 43.3 Å². The fraction of sp³-hybridized carbons (Fsp3) is 1.00. The Morgan fingerprint density at radius 2 is 0.786 bits per heavy atom. The smallest absolute Gasteiger partial charge is 0.382 e. The molecule has 0 rings (SSSR count). The second-order valence-corrected chi connectivity index (χ2v) is 11.0. The van der Waals surface area contributed by atoms with Crippen molar-refractivity contribution in [3.05, 3.63) is 0 Å². The molecule has 0 bridgehead atoms. The molecule has 0 aromatic heterocycles. The van der Waals surface area contributed by atoms with Gasteiger partial charge in [0.1, 0.15) is 0 Å². The second kappa shape index (κ2) is 21.8. The van der Waals surface area contributed by atoms with Crippen LogP contribution in [0, 0.1) is 0 Å². The molecule has 0 heterocycles. The number of hydrogen-bond acceptors (Lipinski definition) is 4. The minimum absolute atomic E-state index is 0.862. The highest BCUT2D eigenvalue weighted by atomic mass is 28.4. The van der Waals surface area contributed by atoms with Crippen molar-refractivity contribution < 1.29 is 18.0 Å². The Balaban J connectivity index is 3.18. The molecule has 0 aliphatic heterocycles. The van der Waals surface area contributed by atoms with Crippen molar-refractivity contribution in [3.8, 4) is 0 Å². The number of ether oxygens (including phenoxy) is 1. The molecule has 0 radical (unpaired) electrons. The molecule has 0 saturated heterocycles. The SMILES string of the molecule is CCOCCCCCCCCCCCCCCCCCC[Si](OC)(OC)OC. The van der Waals surface area contributed by atoms with Crippen molar-refractivity contribution in [2.45, 2.75) is 116 Å². The molecule has 0 aromatic rings. The average molecular weight is 419 g/mol. The molecule has 4 nitrogen and oxygen atoms in total. The maximum atomic E-state index is 5.46. The molecule has 5 heteroatoms. The fourth-order valence-corrected chi connectivity index (χ4v) is 5.52. The van der Waals surface area contributed by atoms with E-state index in [1.807, 2.05) is 0 Å². The lowest BCUT2D eigenvalue weighted by molar-refractivity contribution is 0.122. The molecular weight excluding hydrogens is 368 g/mol. The van der Waals surface area contributed by atoms with E-state index >= 15 is 0 Å². The molecule has 0 fully saturated rings. The maximum absolute atomic E-state index is 5.46. The van der Waals surface area contributed by atoms with E-state index in [1.54, 1.807) is 21.3 Å². The quantitative estimate of drug-likeness (QED) is 0.130. The van der Waals surface area contributed by atoms with Gasteiger partial charge in [0.15, 0.2) is 0 Å². The molecule has 0 unspecified atom stereocenters. The van der Waals surface area contributed by atoms with Crippen LogP contribution in [0.25, 0.3) is 0 Å². The van der Waals surface area contributed by atoms with Crippen molar-refractivity contribution in [1.82, 2.24) is 0 Å². The fourth-order valence-electron chi connectivity index (χ4n) is 3.72. The third kappa shape index (κ3) is 17.0. The zero-order chi connectivity index (χ0) is 20.8. The molecule has 0 amide bonds. The Morgan fingerprint density at radius 3 is 1.11 bits per heavy atom. The van der Waals surface area contributed by atoms with E-state index in [0.717, 1.165) is 25.7 Å². The van der Waals surface area contributed by atoms with Crippen LogP contribution in [0.15, 0.2) is 0 Å². The first kappa shape index (κ1) is 28.1. The van der Waals surface area contributed by atoms with Crippen LogP contribution in [0.2, 0.25) is 6.04 Å². The monoisotopic (exact) mass is 418 g/mol. The topological polar surface area (TPSA) is 36.9 Å². The van der Waals surface area contributed by atoms with Gasteiger partial charge in [0.25, 0.3) is 0 Å². The van der Waals surface area contributed by atoms with Gasteiger partial charge < -0.3 is 18.0 Å². The molecule has 28 heavy (non-hydrogen) atoms. The summed E-state index contributed by atoms with van der Waals surface area (Å²) in [7, 11) is 2.76. The van der Waals surface area contributed by atoms with Gasteiger partial charge in [0.05, 0.1) is 0 Å². The summed E-state index contributed by atoms with van der Waals surface area (Å²) >= 11 is 0. The van der Waals surface area contributed by atoms with Crippen molar-refractivity contribution in [3.63, 3.8) is 0 Å². The average Bonchev–Trinajstić information content (AvgIpc) is 2.73. The maximum Gasteiger partial charge on any atom is 0.500 e. The summed E-state index contributed by atoms with van der Waals surface area (Å²) in [5.74, 6) is 0. The number of hydrogen-bond donors (Lipinski definition) is 0. The van der Waals surface area contributed by atoms with Gasteiger partial charge in [0.2, 0.25) is 0 Å². The molecule has 0 aliphatic carbocycles. The van der Waals surface area contributed by atoms with Crippen LogP contribution in [-0.2, 0) is 18.0 Å². The lowest BCUT2D eigenvalue weighted by atomic mass is 10.0. The van der Waals surface area contributed by atoms with E-state index in [9.17, 15) is 0 Å². The minimum Gasteiger partial charge on any atom is -0.382 e. The van der Waals surface area contributed by atoms with E-state index in [-0.39, 0.29) is 0 Å². The summed E-state index contributed by atoms with van der Waals surface area (Å²) < 4.78 is 21.8. The normalized spacial score (nSPS) is 12.0. The van der Waals surface area contributed by atoms with E-state index < -0.39 is 8.80 Å². The molecule has 0 saturated carbocycles. The Labute approximate surface area is 177 Å². The van der Waals surface area contributed by atoms with Gasteiger partial charge in [0, 0.05) is 40.6 Å². The summed E-state index contributed by atoms with van der Waals surface area (Å²) in [5, 5.41) is 0. The Bertz CT molecular complexity index is 290. The van der Waals surface area contributed by atoms with Gasteiger partial charge in [-0.3, -0.25) is 0 Å². The summed E-state index contributed by atoms with van der Waals surface area (Å²) in [6.45, 7) is 3.89. The highest BCUT2D eigenvalue weighted by Crippen LogP contribution is 2.19. The van der Waals surface area contributed by atoms with E-state index in [4.69, 9.17) is 18.0 Å². The molecule has 0 aromatic carbocycles. The first-order chi connectivity index (χ1) is 13.7. The predicted octanol–water partition coefficient (Wildman–Crippen LogP) is 7.14. The van der Waals surface area contributed by atoms with Crippen molar-refractivity contribution in [2.24, 2.45) is 0 Å². The summed E-state index contributed by atoms with van der Waals surface area (Å²) in [6.07, 6.45) is 21.9. The zero-order valence-corrected chi connectivity index (χ0v) is 20.6. The molecule has 0 aliphatic rings. The van der Waals surface area contributed by atoms with Crippen molar-refractivity contribution in [1.29, 1.82) is 0 Å². The lowest BCUT2D eigenvalue weighted by Crippen LogP contribution is -2.42. The van der Waals surface area contributed by atoms with Gasteiger partial charge in [-0.2, -0.15) is 0 Å². The molecular formula is C23H50O4Si. The van der Waals surface area contributed by atoms with Crippen molar-refractivity contribution in [2.75, 3.05) is 34.5 Å². The van der Waals surface area contributed by atoms with Gasteiger partial charge >= 0.3 is 8.80 Å². The van der Waals surface area contributed by atoms with Crippen LogP contribution in [0.1, 0.15) is 110 Å². The number of unbranched alkanes of at least 4 members (excludes halogenated alkanes) is 15. The molecule has 0 N–H and O–H groups in total. The van der Waals surface area contributed by atoms with E-state index in [2.05, 4.69) is 6.92 Å². The first-order valence-electron chi connectivity index (χ1n) is 12.0. The second-order valence-electron chi connectivity index (χ2n) is 7.90. The van der Waals surface area contributed by atoms with Gasteiger partial charge in [-0.15, -0.1) is 0 Å². The highest BCUT2D eigenvalue weighted by Gasteiger charge is 2.36. The minimum atomic E-state index is -2.33. The summed E-state index contributed by atoms with van der Waals surface area (Å²) in [5.41, 5.74) is 0. The van der Waals surface area contributed by atoms with Crippen molar-refractivity contribution >= 4 is 8.80 Å². The molecule has 0 atom stereocenters. The van der Waals surface area contributed by atoms with E-state index in [1.165, 1.54) is 96.3 Å². The van der Waals surface area contributed by atoms with Crippen LogP contribution in [0.5, 0.6) is 0 Å². The molecule has 170 valence electrons. The summed E-state index contributed by atoms with van der Waals surface area (Å²) in [6, 6.07) is 0.934. The largest absolute Gasteiger partial charge is 0.500 e. The third-order valence-corrected chi connectivity index (χ3v) is 8.49. The predicted molar refractivity (Wildman–Crippen MR) is 122 cm³/mol. The Morgan fingerprint density at radius 1 is 0.464 bits per heavy atom. The van der Waals surface area contributed by atoms with Crippen LogP contribution in [0.3, 0.4) is 0 Å².